The lowest BCUT2D eigenvalue weighted by Gasteiger charge is -2.61. The molecule has 0 saturated heterocycles. The zero-order valence-corrected chi connectivity index (χ0v) is 18.3. The van der Waals surface area contributed by atoms with Gasteiger partial charge in [0.25, 0.3) is 5.91 Å². The van der Waals surface area contributed by atoms with Crippen molar-refractivity contribution in [2.24, 2.45) is 17.3 Å². The first-order valence-electron chi connectivity index (χ1n) is 11.4. The quantitative estimate of drug-likeness (QED) is 0.575. The SMILES string of the molecule is O=C(COC(=O)C12C[C@H]3C[C@@H](C1)CC(c1ccccc1)(C3)C2)Nc1ccc(OC(F)F)cc1. The molecule has 0 heterocycles. The topological polar surface area (TPSA) is 64.6 Å². The minimum Gasteiger partial charge on any atom is -0.455 e. The van der Waals surface area contributed by atoms with Crippen LogP contribution in [0.25, 0.3) is 0 Å². The van der Waals surface area contributed by atoms with Crippen LogP contribution in [-0.2, 0) is 19.7 Å². The van der Waals surface area contributed by atoms with Gasteiger partial charge in [0.2, 0.25) is 0 Å². The summed E-state index contributed by atoms with van der Waals surface area (Å²) in [4.78, 5) is 25.6. The highest BCUT2D eigenvalue weighted by Gasteiger charge is 2.61. The van der Waals surface area contributed by atoms with E-state index >= 15 is 0 Å². The summed E-state index contributed by atoms with van der Waals surface area (Å²) in [6, 6.07) is 16.1. The molecule has 4 aliphatic rings. The number of amides is 1. The summed E-state index contributed by atoms with van der Waals surface area (Å²) in [6.07, 6.45) is 5.87. The maximum atomic E-state index is 13.3. The van der Waals surface area contributed by atoms with Gasteiger partial charge in [-0.25, -0.2) is 0 Å². The summed E-state index contributed by atoms with van der Waals surface area (Å²) in [5, 5.41) is 2.63. The molecule has 2 unspecified atom stereocenters. The molecule has 5 nitrogen and oxygen atoms in total. The number of esters is 1. The zero-order valence-electron chi connectivity index (χ0n) is 18.3. The number of nitrogens with one attached hydrogen (secondary N) is 1. The fourth-order valence-electron chi connectivity index (χ4n) is 6.83. The van der Waals surface area contributed by atoms with Crippen LogP contribution in [0.5, 0.6) is 5.75 Å². The van der Waals surface area contributed by atoms with Gasteiger partial charge in [-0.3, -0.25) is 9.59 Å². The third-order valence-electron chi connectivity index (χ3n) is 7.58. The van der Waals surface area contributed by atoms with E-state index in [1.54, 1.807) is 0 Å². The van der Waals surface area contributed by atoms with E-state index in [4.69, 9.17) is 4.74 Å². The van der Waals surface area contributed by atoms with Crippen molar-refractivity contribution in [3.63, 3.8) is 0 Å². The van der Waals surface area contributed by atoms with Crippen LogP contribution in [0, 0.1) is 17.3 Å². The molecule has 6 rings (SSSR count). The Morgan fingerprint density at radius 2 is 1.64 bits per heavy atom. The molecular formula is C26H27F2NO4. The highest BCUT2D eigenvalue weighted by molar-refractivity contribution is 5.93. The molecule has 2 aromatic carbocycles. The second-order valence-corrected chi connectivity index (χ2v) is 9.91. The Hall–Kier alpha value is -2.96. The average Bonchev–Trinajstić information content (AvgIpc) is 2.78. The Labute approximate surface area is 191 Å². The molecule has 33 heavy (non-hydrogen) atoms. The molecule has 4 fully saturated rings. The van der Waals surface area contributed by atoms with Crippen molar-refractivity contribution in [1.29, 1.82) is 0 Å². The molecule has 2 aromatic rings. The average molecular weight is 456 g/mol. The van der Waals surface area contributed by atoms with Crippen LogP contribution in [-0.4, -0.2) is 25.1 Å². The van der Waals surface area contributed by atoms with Crippen molar-refractivity contribution < 1.29 is 27.8 Å². The molecule has 0 spiro atoms. The summed E-state index contributed by atoms with van der Waals surface area (Å²) in [6.45, 7) is -3.28. The van der Waals surface area contributed by atoms with E-state index in [0.29, 0.717) is 17.5 Å². The molecule has 4 atom stereocenters. The van der Waals surface area contributed by atoms with Gasteiger partial charge in [0.05, 0.1) is 5.41 Å². The lowest BCUT2D eigenvalue weighted by Crippen LogP contribution is -2.57. The van der Waals surface area contributed by atoms with Crippen LogP contribution in [0.2, 0.25) is 0 Å². The largest absolute Gasteiger partial charge is 0.455 e. The van der Waals surface area contributed by atoms with Crippen LogP contribution in [0.1, 0.15) is 44.1 Å². The molecule has 1 N–H and O–H groups in total. The Bertz CT molecular complexity index is 1010. The van der Waals surface area contributed by atoms with Crippen molar-refractivity contribution in [3.8, 4) is 5.75 Å². The van der Waals surface area contributed by atoms with Crippen molar-refractivity contribution in [2.45, 2.75) is 50.6 Å². The van der Waals surface area contributed by atoms with E-state index in [-0.39, 0.29) is 23.7 Å². The van der Waals surface area contributed by atoms with E-state index in [1.165, 1.54) is 36.2 Å². The van der Waals surface area contributed by atoms with Gasteiger partial charge in [0.1, 0.15) is 5.75 Å². The molecule has 0 radical (unpaired) electrons. The maximum Gasteiger partial charge on any atom is 0.387 e. The Morgan fingerprint density at radius 3 is 2.27 bits per heavy atom. The van der Waals surface area contributed by atoms with Gasteiger partial charge in [0.15, 0.2) is 6.61 Å². The van der Waals surface area contributed by atoms with Crippen molar-refractivity contribution >= 4 is 17.6 Å². The van der Waals surface area contributed by atoms with Crippen LogP contribution in [0.3, 0.4) is 0 Å². The second kappa shape index (κ2) is 8.43. The third-order valence-corrected chi connectivity index (χ3v) is 7.58. The number of carbonyl (C=O) groups is 2. The monoisotopic (exact) mass is 455 g/mol. The molecule has 4 saturated carbocycles. The highest BCUT2D eigenvalue weighted by Crippen LogP contribution is 2.66. The van der Waals surface area contributed by atoms with Crippen molar-refractivity contribution in [3.05, 3.63) is 60.2 Å². The summed E-state index contributed by atoms with van der Waals surface area (Å²) >= 11 is 0. The first kappa shape index (κ1) is 21.9. The van der Waals surface area contributed by atoms with Crippen LogP contribution >= 0.6 is 0 Å². The number of hydrogen-bond donors (Lipinski definition) is 1. The van der Waals surface area contributed by atoms with E-state index in [0.717, 1.165) is 32.1 Å². The van der Waals surface area contributed by atoms with Crippen molar-refractivity contribution in [1.82, 2.24) is 0 Å². The lowest BCUT2D eigenvalue weighted by molar-refractivity contribution is -0.175. The number of alkyl halides is 2. The highest BCUT2D eigenvalue weighted by atomic mass is 19.3. The summed E-state index contributed by atoms with van der Waals surface area (Å²) in [5.41, 5.74) is 1.23. The maximum absolute atomic E-state index is 13.3. The first-order chi connectivity index (χ1) is 15.9. The number of ether oxygens (including phenoxy) is 2. The Morgan fingerprint density at radius 1 is 0.970 bits per heavy atom. The molecule has 4 aliphatic carbocycles. The molecule has 7 heteroatoms. The zero-order chi connectivity index (χ0) is 23.1. The molecule has 0 aromatic heterocycles. The predicted molar refractivity (Wildman–Crippen MR) is 118 cm³/mol. The molecular weight excluding hydrogens is 428 g/mol. The van der Waals surface area contributed by atoms with E-state index < -0.39 is 17.9 Å². The van der Waals surface area contributed by atoms with Gasteiger partial charge in [-0.2, -0.15) is 8.78 Å². The smallest absolute Gasteiger partial charge is 0.387 e. The lowest BCUT2D eigenvalue weighted by atomic mass is 9.43. The third kappa shape index (κ3) is 4.33. The number of benzene rings is 2. The molecule has 1 amide bonds. The Balaban J connectivity index is 1.22. The van der Waals surface area contributed by atoms with Crippen LogP contribution < -0.4 is 10.1 Å². The van der Waals surface area contributed by atoms with Crippen molar-refractivity contribution in [2.75, 3.05) is 11.9 Å². The van der Waals surface area contributed by atoms with Gasteiger partial charge >= 0.3 is 12.6 Å². The van der Waals surface area contributed by atoms with E-state index in [1.807, 2.05) is 6.07 Å². The van der Waals surface area contributed by atoms with Crippen LogP contribution in [0.15, 0.2) is 54.6 Å². The van der Waals surface area contributed by atoms with Gasteiger partial charge in [0, 0.05) is 5.69 Å². The number of carbonyl (C=O) groups excluding carboxylic acids is 2. The summed E-state index contributed by atoms with van der Waals surface area (Å²) in [7, 11) is 0. The van der Waals surface area contributed by atoms with Gasteiger partial charge < -0.3 is 14.8 Å². The number of rotatable bonds is 7. The molecule has 0 aliphatic heterocycles. The summed E-state index contributed by atoms with van der Waals surface area (Å²) in [5.74, 6) is 0.299. The normalized spacial score (nSPS) is 29.7. The summed E-state index contributed by atoms with van der Waals surface area (Å²) < 4.78 is 34.4. The molecule has 174 valence electrons. The molecule has 4 bridgehead atoms. The predicted octanol–water partition coefficient (Wildman–Crippen LogP) is 5.31. The fourth-order valence-corrected chi connectivity index (χ4v) is 6.83. The van der Waals surface area contributed by atoms with E-state index in [2.05, 4.69) is 34.3 Å². The van der Waals surface area contributed by atoms with Gasteiger partial charge in [-0.1, -0.05) is 30.3 Å². The van der Waals surface area contributed by atoms with E-state index in [9.17, 15) is 18.4 Å². The second-order valence-electron chi connectivity index (χ2n) is 9.91. The van der Waals surface area contributed by atoms with Gasteiger partial charge in [-0.15, -0.1) is 0 Å². The minimum atomic E-state index is -2.91. The van der Waals surface area contributed by atoms with Crippen LogP contribution in [0.4, 0.5) is 14.5 Å². The number of hydrogen-bond acceptors (Lipinski definition) is 4. The number of anilines is 1. The number of halogens is 2. The standard InChI is InChI=1S/C26H27F2NO4/c27-24(28)33-21-8-6-20(7-9-21)29-22(30)15-32-23(31)26-13-17-10-18(14-26)12-25(11-17,16-26)19-4-2-1-3-5-19/h1-9,17-18,24H,10-16H2,(H,29,30)/t17-,18+,25?,26?. The van der Waals surface area contributed by atoms with Gasteiger partial charge in [-0.05, 0) is 85.6 Å². The fraction of sp³-hybridized carbons (Fsp3) is 0.462. The first-order valence-corrected chi connectivity index (χ1v) is 11.4. The Kier molecular flexibility index (Phi) is 5.59. The minimum absolute atomic E-state index is 0.00332.